The maximum atomic E-state index is 5.68. The third kappa shape index (κ3) is 2.57. The average Bonchev–Trinajstić information content (AvgIpc) is 2.78. The van der Waals surface area contributed by atoms with E-state index in [1.54, 1.807) is 6.33 Å². The number of fused-ring (bicyclic) bond motifs is 1. The Bertz CT molecular complexity index is 391. The van der Waals surface area contributed by atoms with E-state index in [9.17, 15) is 0 Å². The van der Waals surface area contributed by atoms with Crippen LogP contribution in [0.15, 0.2) is 6.33 Å². The molecule has 4 nitrogen and oxygen atoms in total. The second-order valence-corrected chi connectivity index (χ2v) is 5.08. The van der Waals surface area contributed by atoms with E-state index in [1.165, 1.54) is 17.7 Å². The lowest BCUT2D eigenvalue weighted by atomic mass is 9.94. The SMILES string of the molecule is CCC(C)(CCN)Nc1ncnc2c1CCC2. The Kier molecular flexibility index (Phi) is 3.62. The van der Waals surface area contributed by atoms with Gasteiger partial charge in [0, 0.05) is 16.8 Å². The summed E-state index contributed by atoms with van der Waals surface area (Å²) >= 11 is 0. The van der Waals surface area contributed by atoms with Crippen LogP contribution in [-0.2, 0) is 12.8 Å². The number of hydrogen-bond acceptors (Lipinski definition) is 4. The minimum atomic E-state index is 0.0411. The van der Waals surface area contributed by atoms with Crippen LogP contribution in [0, 0.1) is 0 Å². The highest BCUT2D eigenvalue weighted by molar-refractivity contribution is 5.49. The van der Waals surface area contributed by atoms with Crippen molar-refractivity contribution < 1.29 is 0 Å². The zero-order valence-electron chi connectivity index (χ0n) is 10.8. The fraction of sp³-hybridized carbons (Fsp3) is 0.692. The Balaban J connectivity index is 2.21. The van der Waals surface area contributed by atoms with E-state index in [-0.39, 0.29) is 5.54 Å². The van der Waals surface area contributed by atoms with Crippen LogP contribution in [0.2, 0.25) is 0 Å². The van der Waals surface area contributed by atoms with Crippen LogP contribution in [0.25, 0.3) is 0 Å². The molecule has 2 rings (SSSR count). The standard InChI is InChI=1S/C13H22N4/c1-3-13(2,7-8-14)17-12-10-5-4-6-11(10)15-9-16-12/h9H,3-8,14H2,1-2H3,(H,15,16,17). The highest BCUT2D eigenvalue weighted by atomic mass is 15.1. The summed E-state index contributed by atoms with van der Waals surface area (Å²) in [6.45, 7) is 5.10. The normalized spacial score (nSPS) is 17.6. The van der Waals surface area contributed by atoms with Crippen molar-refractivity contribution >= 4 is 5.82 Å². The van der Waals surface area contributed by atoms with Crippen molar-refractivity contribution in [2.24, 2.45) is 5.73 Å². The van der Waals surface area contributed by atoms with Gasteiger partial charge in [0.2, 0.25) is 0 Å². The minimum Gasteiger partial charge on any atom is -0.365 e. The highest BCUT2D eigenvalue weighted by Crippen LogP contribution is 2.28. The first-order valence-electron chi connectivity index (χ1n) is 6.49. The molecule has 0 amide bonds. The molecule has 0 aliphatic heterocycles. The van der Waals surface area contributed by atoms with Crippen LogP contribution < -0.4 is 11.1 Å². The number of nitrogens with zero attached hydrogens (tertiary/aromatic N) is 2. The zero-order chi connectivity index (χ0) is 12.3. The van der Waals surface area contributed by atoms with E-state index in [0.29, 0.717) is 6.54 Å². The molecule has 0 aromatic carbocycles. The van der Waals surface area contributed by atoms with Crippen molar-refractivity contribution in [3.8, 4) is 0 Å². The van der Waals surface area contributed by atoms with Gasteiger partial charge >= 0.3 is 0 Å². The van der Waals surface area contributed by atoms with Crippen molar-refractivity contribution in [2.75, 3.05) is 11.9 Å². The molecule has 1 atom stereocenters. The van der Waals surface area contributed by atoms with Crippen LogP contribution in [0.1, 0.15) is 44.4 Å². The number of hydrogen-bond donors (Lipinski definition) is 2. The van der Waals surface area contributed by atoms with Gasteiger partial charge in [-0.2, -0.15) is 0 Å². The molecule has 1 aromatic rings. The van der Waals surface area contributed by atoms with Crippen molar-refractivity contribution in [1.29, 1.82) is 0 Å². The second-order valence-electron chi connectivity index (χ2n) is 5.08. The summed E-state index contributed by atoms with van der Waals surface area (Å²) in [5, 5.41) is 3.58. The Morgan fingerprint density at radius 1 is 1.41 bits per heavy atom. The van der Waals surface area contributed by atoms with Gasteiger partial charge in [0.15, 0.2) is 0 Å². The molecular formula is C13H22N4. The van der Waals surface area contributed by atoms with Crippen molar-refractivity contribution in [3.63, 3.8) is 0 Å². The van der Waals surface area contributed by atoms with Gasteiger partial charge in [-0.3, -0.25) is 0 Å². The lowest BCUT2D eigenvalue weighted by Gasteiger charge is -2.30. The van der Waals surface area contributed by atoms with E-state index < -0.39 is 0 Å². The Morgan fingerprint density at radius 2 is 2.24 bits per heavy atom. The maximum Gasteiger partial charge on any atom is 0.133 e. The predicted molar refractivity (Wildman–Crippen MR) is 70.0 cm³/mol. The summed E-state index contributed by atoms with van der Waals surface area (Å²) in [7, 11) is 0. The summed E-state index contributed by atoms with van der Waals surface area (Å²) in [5.41, 5.74) is 8.25. The van der Waals surface area contributed by atoms with Crippen molar-refractivity contribution in [3.05, 3.63) is 17.6 Å². The highest BCUT2D eigenvalue weighted by Gasteiger charge is 2.25. The van der Waals surface area contributed by atoms with Gasteiger partial charge in [0.25, 0.3) is 0 Å². The molecule has 1 unspecified atom stereocenters. The average molecular weight is 234 g/mol. The van der Waals surface area contributed by atoms with Crippen LogP contribution in [0.5, 0.6) is 0 Å². The Morgan fingerprint density at radius 3 is 2.94 bits per heavy atom. The first-order valence-corrected chi connectivity index (χ1v) is 6.49. The summed E-state index contributed by atoms with van der Waals surface area (Å²) in [6, 6.07) is 0. The summed E-state index contributed by atoms with van der Waals surface area (Å²) in [5.74, 6) is 1.02. The van der Waals surface area contributed by atoms with E-state index in [1.807, 2.05) is 0 Å². The molecule has 1 aliphatic rings. The van der Waals surface area contributed by atoms with Crippen LogP contribution in [-0.4, -0.2) is 22.1 Å². The number of anilines is 1. The van der Waals surface area contributed by atoms with Crippen LogP contribution >= 0.6 is 0 Å². The summed E-state index contributed by atoms with van der Waals surface area (Å²) in [4.78, 5) is 8.75. The van der Waals surface area contributed by atoms with E-state index in [2.05, 4.69) is 29.1 Å². The topological polar surface area (TPSA) is 63.8 Å². The number of aromatic nitrogens is 2. The maximum absolute atomic E-state index is 5.68. The molecule has 1 heterocycles. The molecule has 94 valence electrons. The smallest absolute Gasteiger partial charge is 0.133 e. The first kappa shape index (κ1) is 12.3. The number of rotatable bonds is 5. The molecule has 17 heavy (non-hydrogen) atoms. The zero-order valence-corrected chi connectivity index (χ0v) is 10.8. The predicted octanol–water partition coefficient (Wildman–Crippen LogP) is 1.89. The van der Waals surface area contributed by atoms with E-state index in [0.717, 1.165) is 31.5 Å². The molecule has 1 aliphatic carbocycles. The number of nitrogens with one attached hydrogen (secondary N) is 1. The van der Waals surface area contributed by atoms with Gasteiger partial charge in [-0.15, -0.1) is 0 Å². The third-order valence-electron chi connectivity index (χ3n) is 3.77. The van der Waals surface area contributed by atoms with Gasteiger partial charge in [0.1, 0.15) is 12.1 Å². The van der Waals surface area contributed by atoms with Gasteiger partial charge in [-0.05, 0) is 45.6 Å². The fourth-order valence-corrected chi connectivity index (χ4v) is 2.40. The largest absolute Gasteiger partial charge is 0.365 e. The van der Waals surface area contributed by atoms with Crippen molar-refractivity contribution in [1.82, 2.24) is 9.97 Å². The van der Waals surface area contributed by atoms with E-state index in [4.69, 9.17) is 5.73 Å². The Labute approximate surface area is 103 Å². The molecule has 0 fully saturated rings. The molecule has 0 bridgehead atoms. The molecule has 0 radical (unpaired) electrons. The molecule has 3 N–H and O–H groups in total. The monoisotopic (exact) mass is 234 g/mol. The summed E-state index contributed by atoms with van der Waals surface area (Å²) < 4.78 is 0. The molecule has 4 heteroatoms. The molecule has 0 spiro atoms. The van der Waals surface area contributed by atoms with Crippen LogP contribution in [0.3, 0.4) is 0 Å². The minimum absolute atomic E-state index is 0.0411. The van der Waals surface area contributed by atoms with Crippen LogP contribution in [0.4, 0.5) is 5.82 Å². The molecular weight excluding hydrogens is 212 g/mol. The molecule has 0 saturated heterocycles. The summed E-state index contributed by atoms with van der Waals surface area (Å²) in [6.07, 6.45) is 7.06. The lowest BCUT2D eigenvalue weighted by Crippen LogP contribution is -2.37. The quantitative estimate of drug-likeness (QED) is 0.816. The van der Waals surface area contributed by atoms with Gasteiger partial charge in [-0.1, -0.05) is 6.92 Å². The molecule has 1 aromatic heterocycles. The second kappa shape index (κ2) is 5.00. The van der Waals surface area contributed by atoms with Gasteiger partial charge in [-0.25, -0.2) is 9.97 Å². The van der Waals surface area contributed by atoms with E-state index >= 15 is 0 Å². The first-order chi connectivity index (χ1) is 8.18. The van der Waals surface area contributed by atoms with Gasteiger partial charge in [0.05, 0.1) is 0 Å². The number of nitrogens with two attached hydrogens (primary N) is 1. The fourth-order valence-electron chi connectivity index (χ4n) is 2.40. The van der Waals surface area contributed by atoms with Gasteiger partial charge < -0.3 is 11.1 Å². The number of aryl methyl sites for hydroxylation is 1. The lowest BCUT2D eigenvalue weighted by molar-refractivity contribution is 0.461. The molecule has 0 saturated carbocycles. The van der Waals surface area contributed by atoms with Crippen molar-refractivity contribution in [2.45, 2.75) is 51.5 Å². The third-order valence-corrected chi connectivity index (χ3v) is 3.77. The Hall–Kier alpha value is -1.16.